The van der Waals surface area contributed by atoms with Gasteiger partial charge in [-0.15, -0.1) is 0 Å². The molecular formula is C11H14FNO4S. The molecule has 0 aliphatic rings. The summed E-state index contributed by atoms with van der Waals surface area (Å²) in [6.45, 7) is 0.0998. The molecule has 0 aliphatic carbocycles. The van der Waals surface area contributed by atoms with Crippen molar-refractivity contribution in [3.05, 3.63) is 29.6 Å². The number of hydrogen-bond acceptors (Lipinski definition) is 4. The number of sulfone groups is 1. The molecule has 0 unspecified atom stereocenters. The second-order valence-electron chi connectivity index (χ2n) is 3.99. The molecule has 1 aromatic carbocycles. The summed E-state index contributed by atoms with van der Waals surface area (Å²) in [6.07, 6.45) is 1.09. The van der Waals surface area contributed by atoms with Gasteiger partial charge >= 0.3 is 5.97 Å². The van der Waals surface area contributed by atoms with E-state index in [-0.39, 0.29) is 18.0 Å². The predicted octanol–water partition coefficient (Wildman–Crippen LogP) is 1.00. The summed E-state index contributed by atoms with van der Waals surface area (Å²) in [5.41, 5.74) is -0.292. The van der Waals surface area contributed by atoms with E-state index in [0.717, 1.165) is 12.3 Å². The number of aromatic carboxylic acids is 1. The van der Waals surface area contributed by atoms with Crippen molar-refractivity contribution in [1.29, 1.82) is 0 Å². The van der Waals surface area contributed by atoms with E-state index >= 15 is 0 Å². The summed E-state index contributed by atoms with van der Waals surface area (Å²) in [4.78, 5) is 12.4. The van der Waals surface area contributed by atoms with E-state index in [0.29, 0.717) is 0 Å². The number of carbonyl (C=O) groups is 1. The Hall–Kier alpha value is -1.63. The van der Waals surface area contributed by atoms with Crippen LogP contribution < -0.4 is 4.90 Å². The van der Waals surface area contributed by atoms with Crippen LogP contribution in [-0.2, 0) is 9.84 Å². The number of benzene rings is 1. The Kier molecular flexibility index (Phi) is 4.28. The molecule has 1 N–H and O–H groups in total. The highest BCUT2D eigenvalue weighted by Gasteiger charge is 2.18. The van der Waals surface area contributed by atoms with Crippen molar-refractivity contribution in [3.63, 3.8) is 0 Å². The average molecular weight is 275 g/mol. The van der Waals surface area contributed by atoms with Gasteiger partial charge in [0.25, 0.3) is 0 Å². The van der Waals surface area contributed by atoms with Crippen LogP contribution in [0, 0.1) is 5.82 Å². The maximum atomic E-state index is 13.4. The Morgan fingerprint density at radius 3 is 2.56 bits per heavy atom. The zero-order valence-electron chi connectivity index (χ0n) is 10.1. The highest BCUT2D eigenvalue weighted by molar-refractivity contribution is 7.90. The summed E-state index contributed by atoms with van der Waals surface area (Å²) < 4.78 is 35.5. The third-order valence-electron chi connectivity index (χ3n) is 2.41. The van der Waals surface area contributed by atoms with Gasteiger partial charge in [0.15, 0.2) is 0 Å². The van der Waals surface area contributed by atoms with E-state index in [9.17, 15) is 17.6 Å². The van der Waals surface area contributed by atoms with E-state index in [1.165, 1.54) is 24.1 Å². The van der Waals surface area contributed by atoms with Gasteiger partial charge in [0.2, 0.25) is 0 Å². The number of rotatable bonds is 5. The lowest BCUT2D eigenvalue weighted by atomic mass is 10.1. The minimum absolute atomic E-state index is 0.0998. The second-order valence-corrected chi connectivity index (χ2v) is 6.25. The van der Waals surface area contributed by atoms with Gasteiger partial charge in [-0.05, 0) is 12.1 Å². The van der Waals surface area contributed by atoms with Crippen molar-refractivity contribution in [2.24, 2.45) is 0 Å². The molecule has 100 valence electrons. The fourth-order valence-electron chi connectivity index (χ4n) is 1.47. The Morgan fingerprint density at radius 1 is 1.44 bits per heavy atom. The van der Waals surface area contributed by atoms with Gasteiger partial charge in [-0.1, -0.05) is 6.07 Å². The monoisotopic (exact) mass is 275 g/mol. The SMILES string of the molecule is CN(CCS(C)(=O)=O)c1cccc(F)c1C(=O)O. The minimum atomic E-state index is -3.15. The molecule has 0 radical (unpaired) electrons. The van der Waals surface area contributed by atoms with E-state index in [1.54, 1.807) is 0 Å². The van der Waals surface area contributed by atoms with Crippen LogP contribution >= 0.6 is 0 Å². The molecule has 0 fully saturated rings. The highest BCUT2D eigenvalue weighted by atomic mass is 32.2. The van der Waals surface area contributed by atoms with Crippen LogP contribution in [0.3, 0.4) is 0 Å². The van der Waals surface area contributed by atoms with Crippen molar-refractivity contribution >= 4 is 21.5 Å². The van der Waals surface area contributed by atoms with Crippen molar-refractivity contribution in [3.8, 4) is 0 Å². The molecule has 0 spiro atoms. The van der Waals surface area contributed by atoms with Crippen molar-refractivity contribution in [2.75, 3.05) is 30.5 Å². The molecule has 0 aliphatic heterocycles. The molecule has 7 heteroatoms. The van der Waals surface area contributed by atoms with E-state index in [4.69, 9.17) is 5.11 Å². The number of halogens is 1. The smallest absolute Gasteiger partial charge is 0.340 e. The molecule has 0 atom stereocenters. The molecular weight excluding hydrogens is 261 g/mol. The van der Waals surface area contributed by atoms with Crippen LogP contribution in [0.25, 0.3) is 0 Å². The summed E-state index contributed by atoms with van der Waals surface area (Å²) in [5, 5.41) is 8.94. The zero-order valence-corrected chi connectivity index (χ0v) is 10.9. The molecule has 0 saturated heterocycles. The van der Waals surface area contributed by atoms with Gasteiger partial charge < -0.3 is 10.0 Å². The topological polar surface area (TPSA) is 74.7 Å². The van der Waals surface area contributed by atoms with Gasteiger partial charge in [0, 0.05) is 19.8 Å². The van der Waals surface area contributed by atoms with Crippen LogP contribution in [0.2, 0.25) is 0 Å². The number of nitrogens with zero attached hydrogens (tertiary/aromatic N) is 1. The van der Waals surface area contributed by atoms with Crippen LogP contribution in [0.4, 0.5) is 10.1 Å². The number of anilines is 1. The van der Waals surface area contributed by atoms with Gasteiger partial charge in [-0.2, -0.15) is 0 Å². The summed E-state index contributed by atoms with van der Waals surface area (Å²) >= 11 is 0. The summed E-state index contributed by atoms with van der Waals surface area (Å²) in [7, 11) is -1.63. The van der Waals surface area contributed by atoms with Gasteiger partial charge in [-0.3, -0.25) is 0 Å². The molecule has 0 bridgehead atoms. The quantitative estimate of drug-likeness (QED) is 0.868. The first kappa shape index (κ1) is 14.4. The first-order valence-corrected chi connectivity index (χ1v) is 7.19. The van der Waals surface area contributed by atoms with Crippen LogP contribution in [-0.4, -0.2) is 45.1 Å². The normalized spacial score (nSPS) is 11.3. The lowest BCUT2D eigenvalue weighted by Gasteiger charge is -2.20. The molecule has 0 heterocycles. The van der Waals surface area contributed by atoms with E-state index in [1.807, 2.05) is 0 Å². The maximum Gasteiger partial charge on any atom is 0.340 e. The van der Waals surface area contributed by atoms with Gasteiger partial charge in [0.05, 0.1) is 11.4 Å². The first-order chi connectivity index (χ1) is 8.22. The van der Waals surface area contributed by atoms with Gasteiger partial charge in [-0.25, -0.2) is 17.6 Å². The molecule has 18 heavy (non-hydrogen) atoms. The summed E-state index contributed by atoms with van der Waals surface area (Å²) in [6, 6.07) is 3.88. The van der Waals surface area contributed by atoms with Crippen LogP contribution in [0.1, 0.15) is 10.4 Å². The number of carboxylic acids is 1. The predicted molar refractivity (Wildman–Crippen MR) is 66.3 cm³/mol. The fraction of sp³-hybridized carbons (Fsp3) is 0.364. The molecule has 5 nitrogen and oxygen atoms in total. The molecule has 0 saturated carbocycles. The minimum Gasteiger partial charge on any atom is -0.478 e. The highest BCUT2D eigenvalue weighted by Crippen LogP contribution is 2.22. The Labute approximate surface area is 105 Å². The van der Waals surface area contributed by atoms with Crippen molar-refractivity contribution in [1.82, 2.24) is 0 Å². The third kappa shape index (κ3) is 3.69. The summed E-state index contributed by atoms with van der Waals surface area (Å²) in [5.74, 6) is -2.35. The van der Waals surface area contributed by atoms with E-state index < -0.39 is 27.2 Å². The molecule has 1 aromatic rings. The average Bonchev–Trinajstić information content (AvgIpc) is 2.24. The molecule has 0 amide bonds. The standard InChI is InChI=1S/C11H14FNO4S/c1-13(6-7-18(2,16)17)9-5-3-4-8(12)10(9)11(14)15/h3-5H,6-7H2,1-2H3,(H,14,15). The largest absolute Gasteiger partial charge is 0.478 e. The van der Waals surface area contributed by atoms with Crippen molar-refractivity contribution in [2.45, 2.75) is 0 Å². The van der Waals surface area contributed by atoms with Gasteiger partial charge in [0.1, 0.15) is 21.2 Å². The number of hydrogen-bond donors (Lipinski definition) is 1. The van der Waals surface area contributed by atoms with Crippen LogP contribution in [0.5, 0.6) is 0 Å². The lowest BCUT2D eigenvalue weighted by molar-refractivity contribution is 0.0692. The number of carboxylic acid groups (broad SMARTS) is 1. The Balaban J connectivity index is 3.02. The molecule has 0 aromatic heterocycles. The Morgan fingerprint density at radius 2 is 2.06 bits per heavy atom. The third-order valence-corrected chi connectivity index (χ3v) is 3.34. The van der Waals surface area contributed by atoms with Crippen molar-refractivity contribution < 1.29 is 22.7 Å². The van der Waals surface area contributed by atoms with E-state index in [2.05, 4.69) is 0 Å². The van der Waals surface area contributed by atoms with Crippen LogP contribution in [0.15, 0.2) is 18.2 Å². The maximum absolute atomic E-state index is 13.4. The fourth-order valence-corrected chi connectivity index (χ4v) is 2.07. The lowest BCUT2D eigenvalue weighted by Crippen LogP contribution is -2.26. The molecule has 1 rings (SSSR count). The Bertz CT molecular complexity index is 556. The first-order valence-electron chi connectivity index (χ1n) is 5.13. The second kappa shape index (κ2) is 5.34. The zero-order chi connectivity index (χ0) is 13.9.